The second-order valence-electron chi connectivity index (χ2n) is 9.50. The maximum atomic E-state index is 12.5. The van der Waals surface area contributed by atoms with Gasteiger partial charge in [0.05, 0.1) is 0 Å². The highest BCUT2D eigenvalue weighted by molar-refractivity contribution is 5.87. The first kappa shape index (κ1) is 25.3. The number of carboxylic acids is 1. The van der Waals surface area contributed by atoms with Crippen molar-refractivity contribution in [2.24, 2.45) is 5.92 Å². The fraction of sp³-hybridized carbons (Fsp3) is 0.630. The fourth-order valence-corrected chi connectivity index (χ4v) is 4.31. The van der Waals surface area contributed by atoms with Crippen LogP contribution in [0.4, 0.5) is 0 Å². The minimum Gasteiger partial charge on any atom is -0.478 e. The van der Waals surface area contributed by atoms with E-state index in [0.717, 1.165) is 50.8 Å². The maximum Gasteiger partial charge on any atom is 0.332 e. The van der Waals surface area contributed by atoms with E-state index in [1.54, 1.807) is 0 Å². The Morgan fingerprint density at radius 2 is 1.61 bits per heavy atom. The minimum absolute atomic E-state index is 0.0117. The van der Waals surface area contributed by atoms with Gasteiger partial charge >= 0.3 is 5.97 Å². The summed E-state index contributed by atoms with van der Waals surface area (Å²) in [5.74, 6) is 0.208. The van der Waals surface area contributed by atoms with E-state index >= 15 is 0 Å². The van der Waals surface area contributed by atoms with Crippen molar-refractivity contribution in [1.82, 2.24) is 4.90 Å². The lowest BCUT2D eigenvalue weighted by molar-refractivity contribution is -0.133. The fourth-order valence-electron chi connectivity index (χ4n) is 4.31. The molecule has 0 saturated heterocycles. The molecule has 1 heterocycles. The summed E-state index contributed by atoms with van der Waals surface area (Å²) in [6, 6.07) is 8.58. The van der Waals surface area contributed by atoms with Gasteiger partial charge in [-0.15, -0.1) is 0 Å². The van der Waals surface area contributed by atoms with Crippen molar-refractivity contribution in [3.63, 3.8) is 0 Å². The molecule has 1 N–H and O–H groups in total. The van der Waals surface area contributed by atoms with E-state index < -0.39 is 5.97 Å². The van der Waals surface area contributed by atoms with Gasteiger partial charge in [0.15, 0.2) is 0 Å². The summed E-state index contributed by atoms with van der Waals surface area (Å²) in [6.45, 7) is 9.02. The van der Waals surface area contributed by atoms with Gasteiger partial charge in [0, 0.05) is 31.0 Å². The van der Waals surface area contributed by atoms with Crippen LogP contribution in [0.3, 0.4) is 0 Å². The molecule has 2 rings (SSSR count). The van der Waals surface area contributed by atoms with E-state index in [1.165, 1.54) is 24.8 Å². The second kappa shape index (κ2) is 13.5. The van der Waals surface area contributed by atoms with Crippen LogP contribution in [0.25, 0.3) is 0 Å². The number of hydrogen-bond donors (Lipinski definition) is 1. The van der Waals surface area contributed by atoms with Crippen LogP contribution in [-0.2, 0) is 16.0 Å². The van der Waals surface area contributed by atoms with Crippen molar-refractivity contribution >= 4 is 11.8 Å². The molecule has 31 heavy (non-hydrogen) atoms. The molecule has 0 bridgehead atoms. The van der Waals surface area contributed by atoms with Crippen LogP contribution in [0.15, 0.2) is 35.9 Å². The molecular formula is C27H41NO3. The summed E-state index contributed by atoms with van der Waals surface area (Å²) in [6.07, 6.45) is 11.2. The van der Waals surface area contributed by atoms with E-state index in [9.17, 15) is 9.59 Å². The molecule has 4 heteroatoms. The van der Waals surface area contributed by atoms with Gasteiger partial charge in [0.25, 0.3) is 0 Å². The molecule has 1 aromatic carbocycles. The van der Waals surface area contributed by atoms with Gasteiger partial charge in [-0.05, 0) is 49.3 Å². The topological polar surface area (TPSA) is 57.6 Å². The molecule has 0 saturated carbocycles. The summed E-state index contributed by atoms with van der Waals surface area (Å²) in [7, 11) is 0. The van der Waals surface area contributed by atoms with Gasteiger partial charge in [-0.1, -0.05) is 76.8 Å². The van der Waals surface area contributed by atoms with Crippen molar-refractivity contribution in [2.75, 3.05) is 19.6 Å². The number of carbonyl (C=O) groups is 2. The summed E-state index contributed by atoms with van der Waals surface area (Å²) in [4.78, 5) is 25.9. The molecule has 0 aromatic heterocycles. The zero-order chi connectivity index (χ0) is 22.6. The number of ketones is 1. The highest BCUT2D eigenvalue weighted by atomic mass is 16.4. The molecule has 1 unspecified atom stereocenters. The Hall–Kier alpha value is -1.94. The zero-order valence-electron chi connectivity index (χ0n) is 19.7. The van der Waals surface area contributed by atoms with E-state index in [1.807, 2.05) is 13.0 Å². The number of unbranched alkanes of at least 4 members (excludes halogenated alkanes) is 5. The van der Waals surface area contributed by atoms with Crippen LogP contribution in [0, 0.1) is 5.92 Å². The standard InChI is InChI=1S/C27H41NO3/c1-21(2)19-23-13-15-24(16-14-23)22(3)26(29)12-8-6-4-5-7-9-17-28-18-10-11-25(20-28)27(30)31/h11,13-16,21-22H,4-10,12,17-20H2,1-3H3,(H,30,31). The van der Waals surface area contributed by atoms with Crippen molar-refractivity contribution in [2.45, 2.75) is 84.5 Å². The number of carbonyl (C=O) groups excluding carboxylic acids is 1. The third-order valence-electron chi connectivity index (χ3n) is 6.26. The Balaban J connectivity index is 1.53. The van der Waals surface area contributed by atoms with Crippen molar-refractivity contribution < 1.29 is 14.7 Å². The van der Waals surface area contributed by atoms with Gasteiger partial charge in [0.1, 0.15) is 5.78 Å². The normalized spacial score (nSPS) is 15.7. The Morgan fingerprint density at radius 3 is 2.26 bits per heavy atom. The highest BCUT2D eigenvalue weighted by Gasteiger charge is 2.17. The number of benzene rings is 1. The van der Waals surface area contributed by atoms with Crippen LogP contribution in [0.1, 0.15) is 89.2 Å². The molecule has 0 fully saturated rings. The minimum atomic E-state index is -0.781. The van der Waals surface area contributed by atoms with E-state index in [-0.39, 0.29) is 5.92 Å². The first-order chi connectivity index (χ1) is 14.9. The van der Waals surface area contributed by atoms with Crippen LogP contribution in [0.5, 0.6) is 0 Å². The molecule has 1 aliphatic heterocycles. The lowest BCUT2D eigenvalue weighted by Gasteiger charge is -2.25. The third kappa shape index (κ3) is 9.39. The van der Waals surface area contributed by atoms with Gasteiger partial charge in [-0.25, -0.2) is 4.79 Å². The number of rotatable bonds is 14. The van der Waals surface area contributed by atoms with Crippen LogP contribution >= 0.6 is 0 Å². The average molecular weight is 428 g/mol. The largest absolute Gasteiger partial charge is 0.478 e. The number of hydrogen-bond acceptors (Lipinski definition) is 3. The number of nitrogens with zero attached hydrogens (tertiary/aromatic N) is 1. The predicted octanol–water partition coefficient (Wildman–Crippen LogP) is 6.01. The molecule has 0 aliphatic carbocycles. The SMILES string of the molecule is CC(C)Cc1ccc(C(C)C(=O)CCCCCCCCN2CCC=C(C(=O)O)C2)cc1. The summed E-state index contributed by atoms with van der Waals surface area (Å²) in [5.41, 5.74) is 3.02. The van der Waals surface area contributed by atoms with Crippen molar-refractivity contribution in [3.8, 4) is 0 Å². The lowest BCUT2D eigenvalue weighted by atomic mass is 9.91. The smallest absolute Gasteiger partial charge is 0.332 e. The molecule has 1 aromatic rings. The monoisotopic (exact) mass is 427 g/mol. The molecule has 4 nitrogen and oxygen atoms in total. The van der Waals surface area contributed by atoms with E-state index in [4.69, 9.17) is 5.11 Å². The molecule has 0 amide bonds. The molecular weight excluding hydrogens is 386 g/mol. The summed E-state index contributed by atoms with van der Waals surface area (Å²) >= 11 is 0. The lowest BCUT2D eigenvalue weighted by Crippen LogP contribution is -2.33. The quantitative estimate of drug-likeness (QED) is 0.370. The van der Waals surface area contributed by atoms with Gasteiger partial charge < -0.3 is 5.11 Å². The van der Waals surface area contributed by atoms with Gasteiger partial charge in [-0.3, -0.25) is 9.69 Å². The average Bonchev–Trinajstić information content (AvgIpc) is 2.75. The first-order valence-corrected chi connectivity index (χ1v) is 12.1. The maximum absolute atomic E-state index is 12.5. The number of Topliss-reactive ketones (excluding diaryl/α,β-unsaturated/α-hetero) is 1. The van der Waals surface area contributed by atoms with Crippen LogP contribution < -0.4 is 0 Å². The van der Waals surface area contributed by atoms with E-state index in [2.05, 4.69) is 43.0 Å². The zero-order valence-corrected chi connectivity index (χ0v) is 19.7. The molecule has 1 aliphatic rings. The Kier molecular flexibility index (Phi) is 11.0. The number of carboxylic acid groups (broad SMARTS) is 1. The number of aliphatic carboxylic acids is 1. The molecule has 172 valence electrons. The van der Waals surface area contributed by atoms with Crippen molar-refractivity contribution in [1.29, 1.82) is 0 Å². The molecule has 0 radical (unpaired) electrons. The van der Waals surface area contributed by atoms with Gasteiger partial charge in [0.2, 0.25) is 0 Å². The van der Waals surface area contributed by atoms with Gasteiger partial charge in [-0.2, -0.15) is 0 Å². The van der Waals surface area contributed by atoms with Crippen molar-refractivity contribution in [3.05, 3.63) is 47.0 Å². The Morgan fingerprint density at radius 1 is 0.968 bits per heavy atom. The third-order valence-corrected chi connectivity index (χ3v) is 6.26. The summed E-state index contributed by atoms with van der Waals surface area (Å²) < 4.78 is 0. The van der Waals surface area contributed by atoms with E-state index in [0.29, 0.717) is 30.2 Å². The Bertz CT molecular complexity index is 721. The highest BCUT2D eigenvalue weighted by Crippen LogP contribution is 2.21. The van der Waals surface area contributed by atoms with Crippen LogP contribution in [0.2, 0.25) is 0 Å². The summed E-state index contributed by atoms with van der Waals surface area (Å²) in [5, 5.41) is 9.11. The predicted molar refractivity (Wildman–Crippen MR) is 128 cm³/mol. The van der Waals surface area contributed by atoms with Crippen LogP contribution in [-0.4, -0.2) is 41.4 Å². The first-order valence-electron chi connectivity index (χ1n) is 12.1. The Labute approximate surface area is 188 Å². The molecule has 0 spiro atoms. The second-order valence-corrected chi connectivity index (χ2v) is 9.50. The molecule has 1 atom stereocenters.